The SMILES string of the molecule is CC.Cc1c(F)cccc1F.Cc1ccc(F)cc1F. The van der Waals surface area contributed by atoms with Crippen molar-refractivity contribution < 1.29 is 17.6 Å². The van der Waals surface area contributed by atoms with Crippen molar-refractivity contribution in [3.63, 3.8) is 0 Å². The van der Waals surface area contributed by atoms with E-state index in [1.54, 1.807) is 6.92 Å². The fourth-order valence-electron chi connectivity index (χ4n) is 1.15. The minimum Gasteiger partial charge on any atom is -0.207 e. The number of rotatable bonds is 0. The largest absolute Gasteiger partial charge is 0.207 e. The van der Waals surface area contributed by atoms with E-state index in [4.69, 9.17) is 0 Å². The zero-order valence-electron chi connectivity index (χ0n) is 12.0. The molecule has 0 saturated heterocycles. The second-order valence-corrected chi connectivity index (χ2v) is 3.74. The zero-order chi connectivity index (χ0) is 15.7. The first-order valence-electron chi connectivity index (χ1n) is 6.24. The Bertz CT molecular complexity index is 516. The van der Waals surface area contributed by atoms with Crippen molar-refractivity contribution in [1.29, 1.82) is 0 Å². The molecule has 0 aliphatic heterocycles. The summed E-state index contributed by atoms with van der Waals surface area (Å²) >= 11 is 0. The molecule has 0 radical (unpaired) electrons. The second-order valence-electron chi connectivity index (χ2n) is 3.74. The monoisotopic (exact) mass is 286 g/mol. The Morgan fingerprint density at radius 1 is 0.700 bits per heavy atom. The maximum atomic E-state index is 12.3. The normalized spacial score (nSPS) is 9.00. The van der Waals surface area contributed by atoms with Crippen LogP contribution in [0.15, 0.2) is 36.4 Å². The summed E-state index contributed by atoms with van der Waals surface area (Å²) in [6, 6.07) is 7.33. The van der Waals surface area contributed by atoms with Gasteiger partial charge in [-0.3, -0.25) is 0 Å². The Morgan fingerprint density at radius 3 is 1.55 bits per heavy atom. The van der Waals surface area contributed by atoms with Crippen molar-refractivity contribution in [1.82, 2.24) is 0 Å². The minimum atomic E-state index is -0.530. The van der Waals surface area contributed by atoms with Crippen LogP contribution in [0.3, 0.4) is 0 Å². The Hall–Kier alpha value is -1.84. The molecule has 0 spiro atoms. The van der Waals surface area contributed by atoms with Gasteiger partial charge in [0, 0.05) is 11.6 Å². The summed E-state index contributed by atoms with van der Waals surface area (Å²) in [6.45, 7) is 7.00. The first kappa shape index (κ1) is 18.2. The highest BCUT2D eigenvalue weighted by Crippen LogP contribution is 2.08. The van der Waals surface area contributed by atoms with E-state index >= 15 is 0 Å². The van der Waals surface area contributed by atoms with E-state index in [0.29, 0.717) is 5.56 Å². The van der Waals surface area contributed by atoms with Crippen molar-refractivity contribution >= 4 is 0 Å². The van der Waals surface area contributed by atoms with Gasteiger partial charge in [-0.1, -0.05) is 26.0 Å². The summed E-state index contributed by atoms with van der Waals surface area (Å²) in [5.74, 6) is -2.00. The number of hydrogen-bond acceptors (Lipinski definition) is 0. The quantitative estimate of drug-likeness (QED) is 0.555. The fourth-order valence-corrected chi connectivity index (χ4v) is 1.15. The Labute approximate surface area is 117 Å². The summed E-state index contributed by atoms with van der Waals surface area (Å²) in [4.78, 5) is 0. The predicted molar refractivity (Wildman–Crippen MR) is 73.5 cm³/mol. The number of halogens is 4. The molecule has 0 aromatic heterocycles. The predicted octanol–water partition coefficient (Wildman–Crippen LogP) is 5.57. The van der Waals surface area contributed by atoms with Crippen LogP contribution >= 0.6 is 0 Å². The summed E-state index contributed by atoms with van der Waals surface area (Å²) in [7, 11) is 0. The molecule has 2 aromatic rings. The molecule has 0 aliphatic carbocycles. The van der Waals surface area contributed by atoms with Crippen LogP contribution in [0.2, 0.25) is 0 Å². The van der Waals surface area contributed by atoms with Gasteiger partial charge in [-0.15, -0.1) is 0 Å². The molecule has 0 nitrogen and oxygen atoms in total. The van der Waals surface area contributed by atoms with E-state index in [1.165, 1.54) is 37.3 Å². The third-order valence-corrected chi connectivity index (χ3v) is 2.34. The molecule has 0 aliphatic rings. The van der Waals surface area contributed by atoms with E-state index in [1.807, 2.05) is 13.8 Å². The van der Waals surface area contributed by atoms with E-state index in [9.17, 15) is 17.6 Å². The first-order valence-corrected chi connectivity index (χ1v) is 6.24. The summed E-state index contributed by atoms with van der Waals surface area (Å²) in [6.07, 6.45) is 0. The van der Waals surface area contributed by atoms with Crippen LogP contribution in [0.5, 0.6) is 0 Å². The number of aryl methyl sites for hydroxylation is 1. The number of hydrogen-bond donors (Lipinski definition) is 0. The van der Waals surface area contributed by atoms with Crippen LogP contribution in [-0.2, 0) is 0 Å². The van der Waals surface area contributed by atoms with E-state index < -0.39 is 23.3 Å². The van der Waals surface area contributed by atoms with Gasteiger partial charge in [0.1, 0.15) is 23.3 Å². The Balaban J connectivity index is 0.000000321. The third kappa shape index (κ3) is 5.87. The van der Waals surface area contributed by atoms with Crippen LogP contribution in [0.1, 0.15) is 25.0 Å². The van der Waals surface area contributed by atoms with Gasteiger partial charge in [0.15, 0.2) is 0 Å². The molecule has 0 N–H and O–H groups in total. The van der Waals surface area contributed by atoms with Crippen LogP contribution in [0.4, 0.5) is 17.6 Å². The van der Waals surface area contributed by atoms with E-state index in [0.717, 1.165) is 6.07 Å². The molecule has 0 bridgehead atoms. The summed E-state index contributed by atoms with van der Waals surface area (Å²) in [5.41, 5.74) is 0.550. The smallest absolute Gasteiger partial charge is 0.129 e. The van der Waals surface area contributed by atoms with Gasteiger partial charge in [0.05, 0.1) is 0 Å². The van der Waals surface area contributed by atoms with Crippen molar-refractivity contribution in [2.75, 3.05) is 0 Å². The van der Waals surface area contributed by atoms with Crippen molar-refractivity contribution in [3.05, 3.63) is 70.8 Å². The second kappa shape index (κ2) is 9.13. The van der Waals surface area contributed by atoms with Gasteiger partial charge in [-0.25, -0.2) is 17.6 Å². The van der Waals surface area contributed by atoms with Gasteiger partial charge in [-0.05, 0) is 37.6 Å². The van der Waals surface area contributed by atoms with Crippen LogP contribution < -0.4 is 0 Å². The lowest BCUT2D eigenvalue weighted by Gasteiger charge is -1.94. The van der Waals surface area contributed by atoms with Crippen LogP contribution in [0, 0.1) is 37.1 Å². The van der Waals surface area contributed by atoms with Crippen molar-refractivity contribution in [2.45, 2.75) is 27.7 Å². The van der Waals surface area contributed by atoms with E-state index in [2.05, 4.69) is 0 Å². The van der Waals surface area contributed by atoms with Gasteiger partial charge in [0.2, 0.25) is 0 Å². The minimum absolute atomic E-state index is 0.0810. The zero-order valence-corrected chi connectivity index (χ0v) is 12.0. The van der Waals surface area contributed by atoms with Gasteiger partial charge in [-0.2, -0.15) is 0 Å². The molecule has 0 unspecified atom stereocenters. The molecule has 0 amide bonds. The lowest BCUT2D eigenvalue weighted by atomic mass is 10.2. The topological polar surface area (TPSA) is 0 Å². The van der Waals surface area contributed by atoms with Crippen molar-refractivity contribution in [3.8, 4) is 0 Å². The molecule has 0 saturated carbocycles. The Morgan fingerprint density at radius 2 is 1.20 bits per heavy atom. The molecular formula is C16H18F4. The average Bonchev–Trinajstić information content (AvgIpc) is 2.43. The summed E-state index contributed by atoms with van der Waals surface area (Å²) < 4.78 is 49.1. The molecule has 4 heteroatoms. The molecule has 0 atom stereocenters. The molecule has 110 valence electrons. The molecular weight excluding hydrogens is 268 g/mol. The van der Waals surface area contributed by atoms with Gasteiger partial charge < -0.3 is 0 Å². The van der Waals surface area contributed by atoms with E-state index in [-0.39, 0.29) is 5.56 Å². The van der Waals surface area contributed by atoms with Crippen LogP contribution in [-0.4, -0.2) is 0 Å². The standard InChI is InChI=1S/2C7H6F2.C2H6/c1-5-2-3-6(8)4-7(5)9;1-5-6(8)3-2-4-7(5)9;1-2/h2*2-4H,1H3;1-2H3. The molecule has 2 aromatic carbocycles. The highest BCUT2D eigenvalue weighted by atomic mass is 19.1. The lowest BCUT2D eigenvalue weighted by Crippen LogP contribution is -1.85. The third-order valence-electron chi connectivity index (χ3n) is 2.34. The highest BCUT2D eigenvalue weighted by Gasteiger charge is 1.99. The highest BCUT2D eigenvalue weighted by molar-refractivity contribution is 5.17. The Kier molecular flexibility index (Phi) is 8.29. The first-order chi connectivity index (χ1) is 9.41. The van der Waals surface area contributed by atoms with Crippen LogP contribution in [0.25, 0.3) is 0 Å². The maximum absolute atomic E-state index is 12.3. The molecule has 0 fully saturated rings. The molecule has 20 heavy (non-hydrogen) atoms. The molecule has 2 rings (SSSR count). The fraction of sp³-hybridized carbons (Fsp3) is 0.250. The summed E-state index contributed by atoms with van der Waals surface area (Å²) in [5, 5.41) is 0. The molecule has 0 heterocycles. The maximum Gasteiger partial charge on any atom is 0.129 e. The van der Waals surface area contributed by atoms with Gasteiger partial charge in [0.25, 0.3) is 0 Å². The van der Waals surface area contributed by atoms with Crippen molar-refractivity contribution in [2.24, 2.45) is 0 Å². The van der Waals surface area contributed by atoms with Gasteiger partial charge >= 0.3 is 0 Å². The average molecular weight is 286 g/mol. The lowest BCUT2D eigenvalue weighted by molar-refractivity contribution is 0.568. The number of benzene rings is 2.